The van der Waals surface area contributed by atoms with E-state index in [1.165, 1.54) is 0 Å². The van der Waals surface area contributed by atoms with Crippen molar-refractivity contribution in [2.45, 2.75) is 12.5 Å². The van der Waals surface area contributed by atoms with Crippen molar-refractivity contribution in [2.75, 3.05) is 31.6 Å². The van der Waals surface area contributed by atoms with Crippen molar-refractivity contribution in [1.29, 1.82) is 0 Å². The zero-order valence-corrected chi connectivity index (χ0v) is 13.5. The summed E-state index contributed by atoms with van der Waals surface area (Å²) in [5, 5.41) is 6.33. The van der Waals surface area contributed by atoms with Crippen molar-refractivity contribution in [3.05, 3.63) is 29.9 Å². The quantitative estimate of drug-likeness (QED) is 0.778. The number of amides is 1. The number of halogens is 1. The number of aromatic nitrogens is 4. The molecule has 1 fully saturated rings. The predicted octanol–water partition coefficient (Wildman–Crippen LogP) is 0.230. The van der Waals surface area contributed by atoms with Gasteiger partial charge in [-0.25, -0.2) is 9.97 Å². The Labute approximate surface area is 138 Å². The van der Waals surface area contributed by atoms with Crippen LogP contribution < -0.4 is 15.5 Å². The molecule has 3 rings (SSSR count). The van der Waals surface area contributed by atoms with Gasteiger partial charge in [0.1, 0.15) is 17.3 Å². The topological polar surface area (TPSA) is 88.0 Å². The Kier molecular flexibility index (Phi) is 4.73. The monoisotopic (exact) mass is 335 g/mol. The maximum Gasteiger partial charge on any atom is 0.238 e. The standard InChI is InChI=1S/C14H18ClN7O/c1-16-13(23)6-10-8-17-3-5-22(10)12-7-11(15)19-14(20-12)21-4-2-18-9-21/h2,4,7,9-10,17H,3,5-6,8H2,1H3,(H,16,23). The van der Waals surface area contributed by atoms with Crippen LogP contribution in [0.4, 0.5) is 5.82 Å². The van der Waals surface area contributed by atoms with Crippen molar-refractivity contribution in [3.8, 4) is 5.95 Å². The van der Waals surface area contributed by atoms with Gasteiger partial charge in [0.2, 0.25) is 11.9 Å². The molecule has 23 heavy (non-hydrogen) atoms. The number of hydrogen-bond acceptors (Lipinski definition) is 6. The van der Waals surface area contributed by atoms with E-state index in [0.717, 1.165) is 19.6 Å². The van der Waals surface area contributed by atoms with Crippen LogP contribution in [-0.2, 0) is 4.79 Å². The van der Waals surface area contributed by atoms with E-state index in [1.54, 1.807) is 36.4 Å². The molecule has 3 heterocycles. The van der Waals surface area contributed by atoms with E-state index in [0.29, 0.717) is 23.3 Å². The minimum atomic E-state index is -0.00122. The van der Waals surface area contributed by atoms with Crippen LogP contribution >= 0.6 is 11.6 Å². The fourth-order valence-electron chi connectivity index (χ4n) is 2.60. The van der Waals surface area contributed by atoms with Crippen LogP contribution in [0.3, 0.4) is 0 Å². The maximum atomic E-state index is 11.7. The Morgan fingerprint density at radius 1 is 1.52 bits per heavy atom. The Balaban J connectivity index is 1.90. The van der Waals surface area contributed by atoms with E-state index >= 15 is 0 Å². The van der Waals surface area contributed by atoms with Gasteiger partial charge in [-0.1, -0.05) is 11.6 Å². The Hall–Kier alpha value is -2.19. The lowest BCUT2D eigenvalue weighted by Gasteiger charge is -2.36. The van der Waals surface area contributed by atoms with Gasteiger partial charge in [0, 0.05) is 51.6 Å². The van der Waals surface area contributed by atoms with Gasteiger partial charge in [-0.2, -0.15) is 4.98 Å². The Bertz CT molecular complexity index is 676. The van der Waals surface area contributed by atoms with Crippen molar-refractivity contribution in [2.24, 2.45) is 0 Å². The van der Waals surface area contributed by atoms with Crippen molar-refractivity contribution < 1.29 is 4.79 Å². The lowest BCUT2D eigenvalue weighted by atomic mass is 10.1. The maximum absolute atomic E-state index is 11.7. The molecule has 2 aromatic rings. The molecular weight excluding hydrogens is 318 g/mol. The van der Waals surface area contributed by atoms with Gasteiger partial charge < -0.3 is 15.5 Å². The molecule has 8 nitrogen and oxygen atoms in total. The summed E-state index contributed by atoms with van der Waals surface area (Å²) >= 11 is 6.16. The molecule has 2 N–H and O–H groups in total. The van der Waals surface area contributed by atoms with Crippen molar-refractivity contribution in [3.63, 3.8) is 0 Å². The van der Waals surface area contributed by atoms with Gasteiger partial charge in [0.25, 0.3) is 0 Å². The second kappa shape index (κ2) is 6.93. The number of rotatable bonds is 4. The van der Waals surface area contributed by atoms with Gasteiger partial charge in [-0.3, -0.25) is 9.36 Å². The van der Waals surface area contributed by atoms with Gasteiger partial charge in [0.15, 0.2) is 0 Å². The molecule has 9 heteroatoms. The number of hydrogen-bond donors (Lipinski definition) is 2. The number of piperazine rings is 1. The third-order valence-corrected chi connectivity index (χ3v) is 3.94. The summed E-state index contributed by atoms with van der Waals surface area (Å²) in [5.74, 6) is 1.17. The third kappa shape index (κ3) is 3.59. The molecule has 1 saturated heterocycles. The van der Waals surface area contributed by atoms with Crippen LogP contribution in [0.5, 0.6) is 0 Å². The summed E-state index contributed by atoms with van der Waals surface area (Å²) < 4.78 is 1.70. The first-order chi connectivity index (χ1) is 11.2. The average molecular weight is 336 g/mol. The lowest BCUT2D eigenvalue weighted by Crippen LogP contribution is -2.53. The van der Waals surface area contributed by atoms with Crippen LogP contribution in [0.15, 0.2) is 24.8 Å². The van der Waals surface area contributed by atoms with E-state index in [-0.39, 0.29) is 11.9 Å². The van der Waals surface area contributed by atoms with Gasteiger partial charge in [-0.05, 0) is 0 Å². The SMILES string of the molecule is CNC(=O)CC1CNCCN1c1cc(Cl)nc(-n2ccnc2)n1. The summed E-state index contributed by atoms with van der Waals surface area (Å²) in [4.78, 5) is 26.6. The zero-order valence-electron chi connectivity index (χ0n) is 12.7. The molecule has 1 aliphatic heterocycles. The summed E-state index contributed by atoms with van der Waals surface area (Å²) in [5.41, 5.74) is 0. The average Bonchev–Trinajstić information content (AvgIpc) is 3.09. The number of carbonyl (C=O) groups is 1. The fraction of sp³-hybridized carbons (Fsp3) is 0.429. The highest BCUT2D eigenvalue weighted by atomic mass is 35.5. The van der Waals surface area contributed by atoms with Crippen LogP contribution in [0, 0.1) is 0 Å². The first kappa shape index (κ1) is 15.7. The molecule has 0 aliphatic carbocycles. The number of imidazole rings is 1. The van der Waals surface area contributed by atoms with E-state index < -0.39 is 0 Å². The van der Waals surface area contributed by atoms with E-state index in [9.17, 15) is 4.79 Å². The van der Waals surface area contributed by atoms with Crippen molar-refractivity contribution in [1.82, 2.24) is 30.2 Å². The first-order valence-electron chi connectivity index (χ1n) is 7.38. The highest BCUT2D eigenvalue weighted by molar-refractivity contribution is 6.29. The highest BCUT2D eigenvalue weighted by Gasteiger charge is 2.26. The van der Waals surface area contributed by atoms with Crippen molar-refractivity contribution >= 4 is 23.3 Å². The van der Waals surface area contributed by atoms with E-state index in [4.69, 9.17) is 11.6 Å². The molecule has 1 atom stereocenters. The third-order valence-electron chi connectivity index (χ3n) is 3.75. The largest absolute Gasteiger partial charge is 0.359 e. The smallest absolute Gasteiger partial charge is 0.238 e. The molecule has 0 radical (unpaired) electrons. The molecule has 0 aromatic carbocycles. The first-order valence-corrected chi connectivity index (χ1v) is 7.76. The van der Waals surface area contributed by atoms with Gasteiger partial charge in [-0.15, -0.1) is 0 Å². The molecule has 2 aromatic heterocycles. The second-order valence-electron chi connectivity index (χ2n) is 5.25. The molecule has 0 bridgehead atoms. The van der Waals surface area contributed by atoms with Gasteiger partial charge in [0.05, 0.1) is 6.04 Å². The van der Waals surface area contributed by atoms with Gasteiger partial charge >= 0.3 is 0 Å². The summed E-state index contributed by atoms with van der Waals surface area (Å²) in [7, 11) is 1.64. The van der Waals surface area contributed by atoms with Crippen LogP contribution in [0.1, 0.15) is 6.42 Å². The zero-order chi connectivity index (χ0) is 16.2. The highest BCUT2D eigenvalue weighted by Crippen LogP contribution is 2.22. The predicted molar refractivity (Wildman–Crippen MR) is 86.9 cm³/mol. The number of nitrogens with zero attached hydrogens (tertiary/aromatic N) is 5. The van der Waals surface area contributed by atoms with Crippen LogP contribution in [0.2, 0.25) is 5.15 Å². The number of anilines is 1. The number of carbonyl (C=O) groups excluding carboxylic acids is 1. The molecule has 1 amide bonds. The summed E-state index contributed by atoms with van der Waals surface area (Å²) in [6.07, 6.45) is 5.43. The summed E-state index contributed by atoms with van der Waals surface area (Å²) in [6, 6.07) is 1.75. The Morgan fingerprint density at radius 2 is 2.39 bits per heavy atom. The Morgan fingerprint density at radius 3 is 3.13 bits per heavy atom. The second-order valence-corrected chi connectivity index (χ2v) is 5.63. The molecule has 1 unspecified atom stereocenters. The number of nitrogens with one attached hydrogen (secondary N) is 2. The van der Waals surface area contributed by atoms with E-state index in [2.05, 4.69) is 30.5 Å². The lowest BCUT2D eigenvalue weighted by molar-refractivity contribution is -0.121. The fourth-order valence-corrected chi connectivity index (χ4v) is 2.77. The molecule has 122 valence electrons. The minimum absolute atomic E-state index is 0.00122. The minimum Gasteiger partial charge on any atom is -0.359 e. The van der Waals surface area contributed by atoms with Crippen LogP contribution in [0.25, 0.3) is 5.95 Å². The molecule has 1 aliphatic rings. The molecule has 0 spiro atoms. The van der Waals surface area contributed by atoms with E-state index in [1.807, 2.05) is 0 Å². The molecule has 0 saturated carbocycles. The summed E-state index contributed by atoms with van der Waals surface area (Å²) in [6.45, 7) is 2.29. The normalized spacial score (nSPS) is 18.0. The van der Waals surface area contributed by atoms with Crippen LogP contribution in [-0.4, -0.2) is 58.1 Å². The molecular formula is C14H18ClN7O.